The highest BCUT2D eigenvalue weighted by atomic mass is 32.2. The molecule has 0 spiro atoms. The smallest absolute Gasteiger partial charge is 0.261 e. The van der Waals surface area contributed by atoms with E-state index in [1.165, 1.54) is 12.1 Å². The lowest BCUT2D eigenvalue weighted by Gasteiger charge is -2.11. The van der Waals surface area contributed by atoms with Crippen molar-refractivity contribution in [2.45, 2.75) is 25.7 Å². The first-order valence-corrected chi connectivity index (χ1v) is 11.0. The molecule has 2 aromatic carbocycles. The number of aromatic nitrogens is 4. The molecule has 0 saturated carbocycles. The van der Waals surface area contributed by atoms with Crippen molar-refractivity contribution in [2.75, 3.05) is 4.72 Å². The quantitative estimate of drug-likeness (QED) is 0.488. The van der Waals surface area contributed by atoms with Gasteiger partial charge in [0.1, 0.15) is 11.6 Å². The van der Waals surface area contributed by atoms with E-state index in [0.29, 0.717) is 29.0 Å². The Morgan fingerprint density at radius 1 is 0.903 bits per heavy atom. The van der Waals surface area contributed by atoms with Crippen molar-refractivity contribution in [1.29, 1.82) is 0 Å². The van der Waals surface area contributed by atoms with Gasteiger partial charge in [-0.1, -0.05) is 18.2 Å². The number of aryl methyl sites for hydroxylation is 3. The number of anilines is 1. The Bertz CT molecular complexity index is 1320. The molecule has 2 aromatic heterocycles. The predicted molar refractivity (Wildman–Crippen MR) is 117 cm³/mol. The normalized spacial score (nSPS) is 11.3. The van der Waals surface area contributed by atoms with E-state index in [1.807, 2.05) is 19.9 Å². The van der Waals surface area contributed by atoms with Gasteiger partial charge in [0.25, 0.3) is 10.0 Å². The highest BCUT2D eigenvalue weighted by Gasteiger charge is 2.14. The number of nitrogens with zero attached hydrogens (tertiary/aromatic N) is 4. The fourth-order valence-corrected chi connectivity index (χ4v) is 4.15. The third kappa shape index (κ3) is 4.72. The third-order valence-electron chi connectivity index (χ3n) is 4.41. The molecule has 4 aromatic rings. The molecule has 0 aliphatic rings. The van der Waals surface area contributed by atoms with Crippen molar-refractivity contribution < 1.29 is 13.2 Å². The lowest BCUT2D eigenvalue weighted by molar-refractivity contribution is 0.459. The van der Waals surface area contributed by atoms with Gasteiger partial charge in [-0.15, -0.1) is 0 Å². The van der Waals surface area contributed by atoms with Gasteiger partial charge in [-0.3, -0.25) is 4.72 Å². The molecule has 4 rings (SSSR count). The summed E-state index contributed by atoms with van der Waals surface area (Å²) in [5.74, 6) is 2.04. The minimum atomic E-state index is -3.65. The summed E-state index contributed by atoms with van der Waals surface area (Å²) < 4.78 is 35.1. The van der Waals surface area contributed by atoms with Crippen LogP contribution >= 0.6 is 0 Å². The molecule has 0 amide bonds. The molecule has 0 atom stereocenters. The van der Waals surface area contributed by atoms with Crippen molar-refractivity contribution in [3.05, 3.63) is 83.9 Å². The Balaban J connectivity index is 1.53. The second-order valence-electron chi connectivity index (χ2n) is 7.00. The molecule has 0 aliphatic heterocycles. The minimum absolute atomic E-state index is 0.198. The molecule has 2 heterocycles. The Kier molecular flexibility index (Phi) is 5.43. The molecular formula is C22H21N5O3S. The Morgan fingerprint density at radius 3 is 2.26 bits per heavy atom. The highest BCUT2D eigenvalue weighted by molar-refractivity contribution is 7.92. The molecule has 1 N–H and O–H groups in total. The molecule has 0 aliphatic carbocycles. The summed E-state index contributed by atoms with van der Waals surface area (Å²) in [4.78, 5) is 8.96. The monoisotopic (exact) mass is 435 g/mol. The van der Waals surface area contributed by atoms with Crippen molar-refractivity contribution in [3.63, 3.8) is 0 Å². The van der Waals surface area contributed by atoms with Gasteiger partial charge in [-0.25, -0.2) is 18.1 Å². The average molecular weight is 436 g/mol. The Hall–Kier alpha value is -3.72. The van der Waals surface area contributed by atoms with E-state index in [1.54, 1.807) is 60.1 Å². The summed E-state index contributed by atoms with van der Waals surface area (Å²) >= 11 is 0. The molecule has 0 saturated heterocycles. The Morgan fingerprint density at radius 2 is 1.61 bits per heavy atom. The molecular weight excluding hydrogens is 414 g/mol. The minimum Gasteiger partial charge on any atom is -0.439 e. The van der Waals surface area contributed by atoms with E-state index >= 15 is 0 Å². The molecule has 0 fully saturated rings. The summed E-state index contributed by atoms with van der Waals surface area (Å²) in [5.41, 5.74) is 2.28. The van der Waals surface area contributed by atoms with E-state index in [-0.39, 0.29) is 4.90 Å². The van der Waals surface area contributed by atoms with Crippen molar-refractivity contribution in [3.8, 4) is 17.4 Å². The van der Waals surface area contributed by atoms with Crippen LogP contribution in [0.2, 0.25) is 0 Å². The van der Waals surface area contributed by atoms with E-state index in [4.69, 9.17) is 4.74 Å². The highest BCUT2D eigenvalue weighted by Crippen LogP contribution is 2.24. The first-order valence-electron chi connectivity index (χ1n) is 9.55. The lowest BCUT2D eigenvalue weighted by Crippen LogP contribution is -2.12. The van der Waals surface area contributed by atoms with Crippen LogP contribution in [-0.4, -0.2) is 28.2 Å². The van der Waals surface area contributed by atoms with Crippen molar-refractivity contribution in [2.24, 2.45) is 0 Å². The number of nitrogens with one attached hydrogen (secondary N) is 1. The van der Waals surface area contributed by atoms with Gasteiger partial charge in [0.15, 0.2) is 5.82 Å². The van der Waals surface area contributed by atoms with Crippen LogP contribution in [0.15, 0.2) is 71.6 Å². The van der Waals surface area contributed by atoms with Crippen LogP contribution in [0, 0.1) is 20.8 Å². The van der Waals surface area contributed by atoms with E-state index in [0.717, 1.165) is 11.4 Å². The maximum absolute atomic E-state index is 12.4. The van der Waals surface area contributed by atoms with Crippen LogP contribution in [0.25, 0.3) is 5.82 Å². The van der Waals surface area contributed by atoms with E-state index in [2.05, 4.69) is 19.8 Å². The van der Waals surface area contributed by atoms with Gasteiger partial charge >= 0.3 is 0 Å². The topological polar surface area (TPSA) is 99.0 Å². The van der Waals surface area contributed by atoms with Crippen molar-refractivity contribution >= 4 is 15.7 Å². The molecule has 0 radical (unpaired) electrons. The van der Waals surface area contributed by atoms with E-state index in [9.17, 15) is 8.42 Å². The van der Waals surface area contributed by atoms with Crippen LogP contribution in [0.3, 0.4) is 0 Å². The molecule has 158 valence electrons. The summed E-state index contributed by atoms with van der Waals surface area (Å²) in [6.45, 7) is 5.65. The zero-order valence-corrected chi connectivity index (χ0v) is 18.1. The first-order chi connectivity index (χ1) is 14.8. The van der Waals surface area contributed by atoms with Crippen LogP contribution in [0.4, 0.5) is 5.69 Å². The second kappa shape index (κ2) is 8.19. The molecule has 0 bridgehead atoms. The van der Waals surface area contributed by atoms with Gasteiger partial charge < -0.3 is 4.74 Å². The lowest BCUT2D eigenvalue weighted by atomic mass is 10.3. The Labute approximate surface area is 180 Å². The summed E-state index contributed by atoms with van der Waals surface area (Å²) in [6, 6.07) is 18.5. The number of rotatable bonds is 6. The summed E-state index contributed by atoms with van der Waals surface area (Å²) in [6.07, 6.45) is 0. The van der Waals surface area contributed by atoms with E-state index < -0.39 is 10.0 Å². The summed E-state index contributed by atoms with van der Waals surface area (Å²) in [7, 11) is -3.65. The second-order valence-corrected chi connectivity index (χ2v) is 8.68. The van der Waals surface area contributed by atoms with Gasteiger partial charge in [0, 0.05) is 17.4 Å². The molecule has 31 heavy (non-hydrogen) atoms. The van der Waals surface area contributed by atoms with Crippen LogP contribution in [0.5, 0.6) is 11.6 Å². The zero-order chi connectivity index (χ0) is 22.0. The number of hydrogen-bond donors (Lipinski definition) is 1. The molecule has 8 nitrogen and oxygen atoms in total. The van der Waals surface area contributed by atoms with Gasteiger partial charge in [0.05, 0.1) is 10.6 Å². The largest absolute Gasteiger partial charge is 0.439 e. The molecule has 0 unspecified atom stereocenters. The fraction of sp³-hybridized carbons (Fsp3) is 0.136. The third-order valence-corrected chi connectivity index (χ3v) is 5.81. The van der Waals surface area contributed by atoms with Crippen LogP contribution < -0.4 is 9.46 Å². The van der Waals surface area contributed by atoms with Gasteiger partial charge in [-0.05, 0) is 63.2 Å². The van der Waals surface area contributed by atoms with Gasteiger partial charge in [-0.2, -0.15) is 10.1 Å². The number of ether oxygens (including phenoxy) is 1. The standard InChI is InChI=1S/C22H21N5O3S/c1-15-13-16(2)27(25-15)21-14-22(24-17(3)23-21)30-19-11-9-18(10-12-19)26-31(28,29)20-7-5-4-6-8-20/h4-14,26H,1-3H3. The molecule has 9 heteroatoms. The van der Waals surface area contributed by atoms with Crippen molar-refractivity contribution in [1.82, 2.24) is 19.7 Å². The fourth-order valence-electron chi connectivity index (χ4n) is 3.07. The predicted octanol–water partition coefficient (Wildman–Crippen LogP) is 4.18. The zero-order valence-electron chi connectivity index (χ0n) is 17.3. The SMILES string of the molecule is Cc1cc(C)n(-c2cc(Oc3ccc(NS(=O)(=O)c4ccccc4)cc3)nc(C)n2)n1. The number of benzene rings is 2. The number of sulfonamides is 1. The number of hydrogen-bond acceptors (Lipinski definition) is 6. The van der Waals surface area contributed by atoms with Crippen LogP contribution in [0.1, 0.15) is 17.2 Å². The first kappa shape index (κ1) is 20.5. The summed E-state index contributed by atoms with van der Waals surface area (Å²) in [5, 5.41) is 4.45. The van der Waals surface area contributed by atoms with Gasteiger partial charge in [0.2, 0.25) is 5.88 Å². The van der Waals surface area contributed by atoms with Crippen LogP contribution in [-0.2, 0) is 10.0 Å². The maximum Gasteiger partial charge on any atom is 0.261 e. The maximum atomic E-state index is 12.4. The average Bonchev–Trinajstić information content (AvgIpc) is 3.07.